The van der Waals surface area contributed by atoms with E-state index in [0.717, 1.165) is 23.7 Å². The highest BCUT2D eigenvalue weighted by Gasteiger charge is 2.12. The average molecular weight is 314 g/mol. The van der Waals surface area contributed by atoms with Gasteiger partial charge in [-0.25, -0.2) is 0 Å². The molecule has 1 rings (SSSR count). The lowest BCUT2D eigenvalue weighted by Crippen LogP contribution is -2.32. The van der Waals surface area contributed by atoms with Crippen molar-refractivity contribution in [1.82, 2.24) is 4.90 Å². The van der Waals surface area contributed by atoms with Crippen molar-refractivity contribution in [1.29, 1.82) is 0 Å². The van der Waals surface area contributed by atoms with E-state index in [0.29, 0.717) is 19.5 Å². The fraction of sp³-hybridized carbons (Fsp3) is 0.500. The molecule has 4 heteroatoms. The number of unbranched alkanes of at least 4 members (excludes halogenated alkanes) is 1. The Bertz CT molecular complexity index is 343. The number of alkyl halides is 1. The Hall–Kier alpha value is -0.870. The minimum absolute atomic E-state index is 0.0109. The van der Waals surface area contributed by atoms with Gasteiger partial charge in [-0.1, -0.05) is 46.3 Å². The molecule has 0 spiro atoms. The van der Waals surface area contributed by atoms with Crippen molar-refractivity contribution < 1.29 is 9.90 Å². The lowest BCUT2D eigenvalue weighted by molar-refractivity contribution is -0.132. The van der Waals surface area contributed by atoms with Crippen LogP contribution in [-0.4, -0.2) is 34.4 Å². The van der Waals surface area contributed by atoms with Gasteiger partial charge in [0.25, 0.3) is 0 Å². The zero-order chi connectivity index (χ0) is 13.2. The molecule has 0 radical (unpaired) electrons. The van der Waals surface area contributed by atoms with Gasteiger partial charge in [-0.2, -0.15) is 0 Å². The third-order valence-electron chi connectivity index (χ3n) is 2.71. The van der Waals surface area contributed by atoms with Crippen molar-refractivity contribution in [3.05, 3.63) is 35.9 Å². The summed E-state index contributed by atoms with van der Waals surface area (Å²) in [5, 5.41) is 9.96. The van der Waals surface area contributed by atoms with Crippen LogP contribution >= 0.6 is 15.9 Å². The normalized spacial score (nSPS) is 10.3. The summed E-state index contributed by atoms with van der Waals surface area (Å²) in [4.78, 5) is 13.7. The number of aliphatic hydroxyl groups is 1. The molecule has 1 aromatic carbocycles. The second-order valence-corrected chi connectivity index (χ2v) is 4.96. The summed E-state index contributed by atoms with van der Waals surface area (Å²) in [5.74, 6) is 0.119. The maximum atomic E-state index is 12.0. The lowest BCUT2D eigenvalue weighted by atomic mass is 10.2. The van der Waals surface area contributed by atoms with Gasteiger partial charge in [-0.05, 0) is 18.4 Å². The fourth-order valence-corrected chi connectivity index (χ4v) is 2.14. The molecule has 0 aromatic heterocycles. The topological polar surface area (TPSA) is 40.5 Å². The van der Waals surface area contributed by atoms with Crippen LogP contribution in [-0.2, 0) is 11.3 Å². The van der Waals surface area contributed by atoms with E-state index in [9.17, 15) is 4.79 Å². The number of hydrogen-bond acceptors (Lipinski definition) is 2. The zero-order valence-electron chi connectivity index (χ0n) is 10.5. The summed E-state index contributed by atoms with van der Waals surface area (Å²) >= 11 is 3.36. The van der Waals surface area contributed by atoms with Crippen molar-refractivity contribution in [2.24, 2.45) is 0 Å². The van der Waals surface area contributed by atoms with E-state index in [1.165, 1.54) is 0 Å². The molecule has 0 unspecified atom stereocenters. The molecule has 100 valence electrons. The van der Waals surface area contributed by atoms with E-state index >= 15 is 0 Å². The molecule has 0 aliphatic carbocycles. The van der Waals surface area contributed by atoms with Gasteiger partial charge in [0, 0.05) is 24.8 Å². The second kappa shape index (κ2) is 9.11. The van der Waals surface area contributed by atoms with Gasteiger partial charge < -0.3 is 10.0 Å². The number of carbonyl (C=O) groups excluding carboxylic acids is 1. The van der Waals surface area contributed by atoms with Crippen LogP contribution in [0.4, 0.5) is 0 Å². The van der Waals surface area contributed by atoms with Crippen LogP contribution in [0.5, 0.6) is 0 Å². The number of hydrogen-bond donors (Lipinski definition) is 1. The van der Waals surface area contributed by atoms with Crippen LogP contribution in [0.25, 0.3) is 0 Å². The molecule has 0 atom stereocenters. The number of rotatable bonds is 8. The number of halogens is 1. The van der Waals surface area contributed by atoms with Gasteiger partial charge in [0.2, 0.25) is 5.91 Å². The Morgan fingerprint density at radius 3 is 2.56 bits per heavy atom. The molecule has 0 aliphatic rings. The number of amides is 1. The quantitative estimate of drug-likeness (QED) is 0.592. The molecule has 0 saturated heterocycles. The van der Waals surface area contributed by atoms with E-state index in [1.807, 2.05) is 30.3 Å². The second-order valence-electron chi connectivity index (χ2n) is 4.17. The monoisotopic (exact) mass is 313 g/mol. The minimum atomic E-state index is 0.0109. The van der Waals surface area contributed by atoms with Gasteiger partial charge in [-0.3, -0.25) is 4.79 Å². The lowest BCUT2D eigenvalue weighted by Gasteiger charge is -2.22. The van der Waals surface area contributed by atoms with E-state index < -0.39 is 0 Å². The standard InChI is InChI=1S/C14H20BrNO2/c15-9-5-4-8-14(18)16(10-11-17)12-13-6-2-1-3-7-13/h1-3,6-7,17H,4-5,8-12H2. The molecular formula is C14H20BrNO2. The molecule has 0 heterocycles. The van der Waals surface area contributed by atoms with Gasteiger partial charge in [0.1, 0.15) is 0 Å². The number of aliphatic hydroxyl groups excluding tert-OH is 1. The summed E-state index contributed by atoms with van der Waals surface area (Å²) in [6.07, 6.45) is 2.45. The molecule has 1 aromatic rings. The van der Waals surface area contributed by atoms with E-state index in [2.05, 4.69) is 15.9 Å². The zero-order valence-corrected chi connectivity index (χ0v) is 12.1. The Morgan fingerprint density at radius 1 is 1.22 bits per heavy atom. The highest BCUT2D eigenvalue weighted by atomic mass is 79.9. The van der Waals surface area contributed by atoms with Crippen molar-refractivity contribution in [3.8, 4) is 0 Å². The van der Waals surface area contributed by atoms with Gasteiger partial charge in [0.15, 0.2) is 0 Å². The van der Waals surface area contributed by atoms with Crippen LogP contribution in [0, 0.1) is 0 Å². The largest absolute Gasteiger partial charge is 0.395 e. The fourth-order valence-electron chi connectivity index (χ4n) is 1.75. The number of carbonyl (C=O) groups is 1. The molecule has 1 N–H and O–H groups in total. The first kappa shape index (κ1) is 15.2. The molecule has 0 saturated carbocycles. The molecule has 1 amide bonds. The van der Waals surface area contributed by atoms with Crippen LogP contribution in [0.3, 0.4) is 0 Å². The van der Waals surface area contributed by atoms with Crippen LogP contribution < -0.4 is 0 Å². The van der Waals surface area contributed by atoms with Crippen molar-refractivity contribution in [2.45, 2.75) is 25.8 Å². The molecule has 0 fully saturated rings. The summed E-state index contributed by atoms with van der Waals surface area (Å²) in [7, 11) is 0. The van der Waals surface area contributed by atoms with Crippen molar-refractivity contribution >= 4 is 21.8 Å². The molecule has 18 heavy (non-hydrogen) atoms. The summed E-state index contributed by atoms with van der Waals surface area (Å²) in [6, 6.07) is 9.87. The van der Waals surface area contributed by atoms with E-state index in [-0.39, 0.29) is 12.5 Å². The van der Waals surface area contributed by atoms with Crippen LogP contribution in [0.1, 0.15) is 24.8 Å². The first-order valence-corrected chi connectivity index (χ1v) is 7.38. The third kappa shape index (κ3) is 5.65. The minimum Gasteiger partial charge on any atom is -0.395 e. The number of nitrogens with zero attached hydrogens (tertiary/aromatic N) is 1. The Morgan fingerprint density at radius 2 is 1.94 bits per heavy atom. The number of benzene rings is 1. The highest BCUT2D eigenvalue weighted by Crippen LogP contribution is 2.08. The smallest absolute Gasteiger partial charge is 0.222 e. The maximum absolute atomic E-state index is 12.0. The molecular weight excluding hydrogens is 294 g/mol. The Kier molecular flexibility index (Phi) is 7.69. The van der Waals surface area contributed by atoms with Gasteiger partial charge in [-0.15, -0.1) is 0 Å². The Labute approximate surface area is 117 Å². The predicted molar refractivity (Wildman–Crippen MR) is 76.6 cm³/mol. The Balaban J connectivity index is 2.50. The van der Waals surface area contributed by atoms with E-state index in [4.69, 9.17) is 5.11 Å². The first-order chi connectivity index (χ1) is 8.77. The summed E-state index contributed by atoms with van der Waals surface area (Å²) in [6.45, 7) is 0.994. The summed E-state index contributed by atoms with van der Waals surface area (Å²) in [5.41, 5.74) is 1.10. The van der Waals surface area contributed by atoms with Gasteiger partial charge >= 0.3 is 0 Å². The first-order valence-electron chi connectivity index (χ1n) is 6.26. The average Bonchev–Trinajstić information content (AvgIpc) is 2.39. The SMILES string of the molecule is O=C(CCCCBr)N(CCO)Cc1ccccc1. The highest BCUT2D eigenvalue weighted by molar-refractivity contribution is 9.09. The molecule has 0 aliphatic heterocycles. The molecule has 3 nitrogen and oxygen atoms in total. The van der Waals surface area contributed by atoms with Crippen molar-refractivity contribution in [3.63, 3.8) is 0 Å². The van der Waals surface area contributed by atoms with Crippen molar-refractivity contribution in [2.75, 3.05) is 18.5 Å². The predicted octanol–water partition coefficient (Wildman–Crippen LogP) is 2.57. The van der Waals surface area contributed by atoms with E-state index in [1.54, 1.807) is 4.90 Å². The third-order valence-corrected chi connectivity index (χ3v) is 3.27. The summed E-state index contributed by atoms with van der Waals surface area (Å²) < 4.78 is 0. The van der Waals surface area contributed by atoms with Crippen LogP contribution in [0.2, 0.25) is 0 Å². The molecule has 0 bridgehead atoms. The van der Waals surface area contributed by atoms with Crippen LogP contribution in [0.15, 0.2) is 30.3 Å². The van der Waals surface area contributed by atoms with Gasteiger partial charge in [0.05, 0.1) is 6.61 Å². The maximum Gasteiger partial charge on any atom is 0.222 e.